The standard InChI is InChI=1S/C16H16ClNO/c1-3-19-16-7-5-4-6-13(16)11-18-15-10-14(17)9-8-12(15)2/h4-11H,3H2,1-2H3. The van der Waals surface area contributed by atoms with Crippen molar-refractivity contribution >= 4 is 23.5 Å². The van der Waals surface area contributed by atoms with E-state index in [9.17, 15) is 0 Å². The molecule has 0 N–H and O–H groups in total. The van der Waals surface area contributed by atoms with Crippen LogP contribution in [0.4, 0.5) is 5.69 Å². The average molecular weight is 274 g/mol. The van der Waals surface area contributed by atoms with Crippen LogP contribution in [0.15, 0.2) is 47.5 Å². The van der Waals surface area contributed by atoms with Gasteiger partial charge in [-0.3, -0.25) is 4.99 Å². The van der Waals surface area contributed by atoms with Gasteiger partial charge in [-0.1, -0.05) is 29.8 Å². The number of rotatable bonds is 4. The van der Waals surface area contributed by atoms with E-state index in [-0.39, 0.29) is 0 Å². The smallest absolute Gasteiger partial charge is 0.128 e. The summed E-state index contributed by atoms with van der Waals surface area (Å²) in [6.45, 7) is 4.62. The Kier molecular flexibility index (Phi) is 4.58. The van der Waals surface area contributed by atoms with E-state index in [4.69, 9.17) is 16.3 Å². The van der Waals surface area contributed by atoms with E-state index < -0.39 is 0 Å². The van der Waals surface area contributed by atoms with Gasteiger partial charge in [0.15, 0.2) is 0 Å². The van der Waals surface area contributed by atoms with E-state index in [1.807, 2.05) is 62.5 Å². The van der Waals surface area contributed by atoms with Gasteiger partial charge < -0.3 is 4.74 Å². The van der Waals surface area contributed by atoms with Gasteiger partial charge in [-0.2, -0.15) is 0 Å². The maximum atomic E-state index is 5.98. The van der Waals surface area contributed by atoms with Crippen LogP contribution in [-0.4, -0.2) is 12.8 Å². The highest BCUT2D eigenvalue weighted by Gasteiger charge is 2.00. The summed E-state index contributed by atoms with van der Waals surface area (Å²) in [7, 11) is 0. The molecule has 0 aromatic heterocycles. The monoisotopic (exact) mass is 273 g/mol. The molecule has 2 aromatic carbocycles. The van der Waals surface area contributed by atoms with Crippen LogP contribution < -0.4 is 4.74 Å². The molecular formula is C16H16ClNO. The molecule has 2 rings (SSSR count). The number of ether oxygens (including phenoxy) is 1. The maximum Gasteiger partial charge on any atom is 0.128 e. The maximum absolute atomic E-state index is 5.98. The molecule has 0 aliphatic carbocycles. The first-order valence-electron chi connectivity index (χ1n) is 6.22. The van der Waals surface area contributed by atoms with E-state index in [1.54, 1.807) is 0 Å². The summed E-state index contributed by atoms with van der Waals surface area (Å²) < 4.78 is 5.56. The van der Waals surface area contributed by atoms with Crippen LogP contribution in [0, 0.1) is 6.92 Å². The van der Waals surface area contributed by atoms with E-state index in [2.05, 4.69) is 4.99 Å². The van der Waals surface area contributed by atoms with Gasteiger partial charge in [-0.25, -0.2) is 0 Å². The Bertz CT molecular complexity index is 593. The highest BCUT2D eigenvalue weighted by molar-refractivity contribution is 6.30. The van der Waals surface area contributed by atoms with Gasteiger partial charge in [0.1, 0.15) is 5.75 Å². The van der Waals surface area contributed by atoms with Crippen molar-refractivity contribution in [2.75, 3.05) is 6.61 Å². The number of hydrogen-bond donors (Lipinski definition) is 0. The van der Waals surface area contributed by atoms with Crippen molar-refractivity contribution in [2.24, 2.45) is 4.99 Å². The summed E-state index contributed by atoms with van der Waals surface area (Å²) in [5, 5.41) is 0.691. The van der Waals surface area contributed by atoms with Crippen LogP contribution in [0.1, 0.15) is 18.1 Å². The molecule has 2 aromatic rings. The highest BCUT2D eigenvalue weighted by atomic mass is 35.5. The lowest BCUT2D eigenvalue weighted by molar-refractivity contribution is 0.340. The fourth-order valence-electron chi connectivity index (χ4n) is 1.73. The second kappa shape index (κ2) is 6.39. The summed E-state index contributed by atoms with van der Waals surface area (Å²) in [5.74, 6) is 0.841. The van der Waals surface area contributed by atoms with Crippen LogP contribution in [0.2, 0.25) is 5.02 Å². The molecule has 19 heavy (non-hydrogen) atoms. The summed E-state index contributed by atoms with van der Waals surface area (Å²) in [6, 6.07) is 13.5. The molecule has 0 saturated heterocycles. The summed E-state index contributed by atoms with van der Waals surface area (Å²) >= 11 is 5.98. The number of aliphatic imine (C=N–C) groups is 1. The SMILES string of the molecule is CCOc1ccccc1C=Nc1cc(Cl)ccc1C. The summed E-state index contributed by atoms with van der Waals surface area (Å²) in [5.41, 5.74) is 2.93. The molecule has 0 atom stereocenters. The molecule has 0 spiro atoms. The molecule has 0 fully saturated rings. The number of hydrogen-bond acceptors (Lipinski definition) is 2. The Labute approximate surface area is 118 Å². The van der Waals surface area contributed by atoms with E-state index >= 15 is 0 Å². The van der Waals surface area contributed by atoms with Crippen LogP contribution in [0.25, 0.3) is 0 Å². The molecular weight excluding hydrogens is 258 g/mol. The van der Waals surface area contributed by atoms with Crippen LogP contribution >= 0.6 is 11.6 Å². The van der Waals surface area contributed by atoms with Crippen molar-refractivity contribution < 1.29 is 4.74 Å². The normalized spacial score (nSPS) is 10.9. The molecule has 0 radical (unpaired) electrons. The lowest BCUT2D eigenvalue weighted by atomic mass is 10.2. The van der Waals surface area contributed by atoms with Gasteiger partial charge in [0.25, 0.3) is 0 Å². The van der Waals surface area contributed by atoms with Gasteiger partial charge in [0.05, 0.1) is 12.3 Å². The predicted molar refractivity (Wildman–Crippen MR) is 81.1 cm³/mol. The van der Waals surface area contributed by atoms with Crippen LogP contribution in [0.3, 0.4) is 0 Å². The molecule has 98 valence electrons. The van der Waals surface area contributed by atoms with Crippen molar-refractivity contribution in [2.45, 2.75) is 13.8 Å². The zero-order chi connectivity index (χ0) is 13.7. The van der Waals surface area contributed by atoms with Crippen molar-refractivity contribution in [3.8, 4) is 5.75 Å². The second-order valence-electron chi connectivity index (χ2n) is 4.16. The first kappa shape index (κ1) is 13.6. The van der Waals surface area contributed by atoms with E-state index in [1.165, 1.54) is 0 Å². The van der Waals surface area contributed by atoms with E-state index in [0.717, 1.165) is 22.6 Å². The van der Waals surface area contributed by atoms with Gasteiger partial charge in [0, 0.05) is 16.8 Å². The summed E-state index contributed by atoms with van der Waals surface area (Å²) in [4.78, 5) is 4.49. The lowest BCUT2D eigenvalue weighted by Gasteiger charge is -2.06. The Morgan fingerprint density at radius 1 is 1.21 bits per heavy atom. The Hall–Kier alpha value is -1.80. The number of para-hydroxylation sites is 1. The molecule has 0 amide bonds. The third kappa shape index (κ3) is 3.58. The summed E-state index contributed by atoms with van der Waals surface area (Å²) in [6.07, 6.45) is 1.81. The molecule has 0 bridgehead atoms. The zero-order valence-corrected chi connectivity index (χ0v) is 11.8. The zero-order valence-electron chi connectivity index (χ0n) is 11.1. The lowest BCUT2D eigenvalue weighted by Crippen LogP contribution is -1.95. The average Bonchev–Trinajstić information content (AvgIpc) is 2.42. The molecule has 0 saturated carbocycles. The van der Waals surface area contributed by atoms with Crippen molar-refractivity contribution in [3.05, 3.63) is 58.6 Å². The number of aryl methyl sites for hydroxylation is 1. The van der Waals surface area contributed by atoms with Gasteiger partial charge >= 0.3 is 0 Å². The van der Waals surface area contributed by atoms with Crippen molar-refractivity contribution in [3.63, 3.8) is 0 Å². The third-order valence-electron chi connectivity index (χ3n) is 2.73. The number of benzene rings is 2. The molecule has 0 aliphatic heterocycles. The predicted octanol–water partition coefficient (Wildman–Crippen LogP) is 4.80. The van der Waals surface area contributed by atoms with Crippen LogP contribution in [0.5, 0.6) is 5.75 Å². The molecule has 0 heterocycles. The quantitative estimate of drug-likeness (QED) is 0.734. The fourth-order valence-corrected chi connectivity index (χ4v) is 1.90. The first-order chi connectivity index (χ1) is 9.20. The van der Waals surface area contributed by atoms with Gasteiger partial charge in [-0.15, -0.1) is 0 Å². The topological polar surface area (TPSA) is 21.6 Å². The minimum absolute atomic E-state index is 0.640. The van der Waals surface area contributed by atoms with Gasteiger partial charge in [-0.05, 0) is 43.7 Å². The van der Waals surface area contributed by atoms with Crippen molar-refractivity contribution in [1.29, 1.82) is 0 Å². The minimum Gasteiger partial charge on any atom is -0.493 e. The fraction of sp³-hybridized carbons (Fsp3) is 0.188. The Morgan fingerprint density at radius 3 is 2.79 bits per heavy atom. The van der Waals surface area contributed by atoms with Crippen molar-refractivity contribution in [1.82, 2.24) is 0 Å². The third-order valence-corrected chi connectivity index (χ3v) is 2.97. The largest absolute Gasteiger partial charge is 0.493 e. The molecule has 0 aliphatic rings. The highest BCUT2D eigenvalue weighted by Crippen LogP contribution is 2.24. The van der Waals surface area contributed by atoms with Gasteiger partial charge in [0.2, 0.25) is 0 Å². The number of halogens is 1. The molecule has 0 unspecified atom stereocenters. The Morgan fingerprint density at radius 2 is 2.00 bits per heavy atom. The second-order valence-corrected chi connectivity index (χ2v) is 4.60. The molecule has 3 heteroatoms. The number of nitrogens with zero attached hydrogens (tertiary/aromatic N) is 1. The van der Waals surface area contributed by atoms with E-state index in [0.29, 0.717) is 11.6 Å². The minimum atomic E-state index is 0.640. The molecule has 2 nitrogen and oxygen atoms in total. The van der Waals surface area contributed by atoms with Crippen LogP contribution in [-0.2, 0) is 0 Å². The Balaban J connectivity index is 2.29. The first-order valence-corrected chi connectivity index (χ1v) is 6.60.